The molecule has 4 heteroatoms. The molecule has 1 aromatic carbocycles. The summed E-state index contributed by atoms with van der Waals surface area (Å²) in [4.78, 5) is 15.6. The van der Waals surface area contributed by atoms with Gasteiger partial charge in [-0.05, 0) is 38.5 Å². The predicted octanol–water partition coefficient (Wildman–Crippen LogP) is 2.29. The zero-order valence-corrected chi connectivity index (χ0v) is 12.2. The molecule has 0 unspecified atom stereocenters. The van der Waals surface area contributed by atoms with E-state index in [1.807, 2.05) is 39.0 Å². The summed E-state index contributed by atoms with van der Waals surface area (Å²) in [6.45, 7) is 6.64. The molecule has 4 nitrogen and oxygen atoms in total. The second-order valence-electron chi connectivity index (χ2n) is 5.82. The number of amides is 1. The van der Waals surface area contributed by atoms with Crippen molar-refractivity contribution < 1.29 is 4.79 Å². The van der Waals surface area contributed by atoms with E-state index in [0.717, 1.165) is 16.6 Å². The van der Waals surface area contributed by atoms with Gasteiger partial charge in [-0.1, -0.05) is 18.2 Å². The SMILES string of the molecule is Cc1cc(CNC(C)(C)CC(N)=O)c2ccccc2n1. The van der Waals surface area contributed by atoms with E-state index in [-0.39, 0.29) is 11.4 Å². The quantitative estimate of drug-likeness (QED) is 0.876. The Hall–Kier alpha value is -1.94. The summed E-state index contributed by atoms with van der Waals surface area (Å²) in [6.07, 6.45) is 0.314. The minimum Gasteiger partial charge on any atom is -0.370 e. The van der Waals surface area contributed by atoms with E-state index >= 15 is 0 Å². The molecule has 1 aromatic heterocycles. The van der Waals surface area contributed by atoms with Crippen molar-refractivity contribution in [2.75, 3.05) is 0 Å². The van der Waals surface area contributed by atoms with Crippen molar-refractivity contribution in [2.45, 2.75) is 39.3 Å². The van der Waals surface area contributed by atoms with Crippen LogP contribution in [-0.2, 0) is 11.3 Å². The van der Waals surface area contributed by atoms with E-state index in [2.05, 4.69) is 22.4 Å². The van der Waals surface area contributed by atoms with Crippen molar-refractivity contribution in [3.8, 4) is 0 Å². The number of nitrogens with zero attached hydrogens (tertiary/aromatic N) is 1. The molecule has 0 saturated heterocycles. The normalized spacial score (nSPS) is 11.8. The highest BCUT2D eigenvalue weighted by molar-refractivity contribution is 5.82. The van der Waals surface area contributed by atoms with Gasteiger partial charge in [-0.15, -0.1) is 0 Å². The molecular weight excluding hydrogens is 250 g/mol. The number of carbonyl (C=O) groups is 1. The minimum atomic E-state index is -0.315. The van der Waals surface area contributed by atoms with Crippen LogP contribution in [0.3, 0.4) is 0 Å². The van der Waals surface area contributed by atoms with Gasteiger partial charge in [0.05, 0.1) is 5.52 Å². The van der Waals surface area contributed by atoms with Gasteiger partial charge in [0.15, 0.2) is 0 Å². The fourth-order valence-corrected chi connectivity index (χ4v) is 2.37. The number of aromatic nitrogens is 1. The number of aryl methyl sites for hydroxylation is 1. The number of hydrogen-bond acceptors (Lipinski definition) is 3. The lowest BCUT2D eigenvalue weighted by atomic mass is 9.99. The van der Waals surface area contributed by atoms with E-state index in [9.17, 15) is 4.79 Å². The van der Waals surface area contributed by atoms with E-state index < -0.39 is 0 Å². The zero-order valence-electron chi connectivity index (χ0n) is 12.2. The molecule has 0 aliphatic carbocycles. The maximum Gasteiger partial charge on any atom is 0.219 e. The van der Waals surface area contributed by atoms with Gasteiger partial charge in [0.2, 0.25) is 5.91 Å². The number of fused-ring (bicyclic) bond motifs is 1. The van der Waals surface area contributed by atoms with E-state index in [1.165, 1.54) is 5.56 Å². The second-order valence-corrected chi connectivity index (χ2v) is 5.82. The van der Waals surface area contributed by atoms with Crippen LogP contribution in [0.15, 0.2) is 30.3 Å². The van der Waals surface area contributed by atoms with Crippen molar-refractivity contribution in [1.82, 2.24) is 10.3 Å². The molecule has 0 bridgehead atoms. The summed E-state index contributed by atoms with van der Waals surface area (Å²) in [5.74, 6) is -0.293. The van der Waals surface area contributed by atoms with E-state index in [4.69, 9.17) is 5.73 Å². The average molecular weight is 271 g/mol. The van der Waals surface area contributed by atoms with Gasteiger partial charge in [0.1, 0.15) is 0 Å². The molecule has 20 heavy (non-hydrogen) atoms. The first kappa shape index (κ1) is 14.5. The van der Waals surface area contributed by atoms with Crippen LogP contribution in [0.5, 0.6) is 0 Å². The monoisotopic (exact) mass is 271 g/mol. The lowest BCUT2D eigenvalue weighted by Crippen LogP contribution is -2.42. The Balaban J connectivity index is 2.23. The highest BCUT2D eigenvalue weighted by atomic mass is 16.1. The molecule has 106 valence electrons. The number of pyridine rings is 1. The smallest absolute Gasteiger partial charge is 0.219 e. The molecule has 0 saturated carbocycles. The fourth-order valence-electron chi connectivity index (χ4n) is 2.37. The molecule has 2 rings (SSSR count). The maximum absolute atomic E-state index is 11.1. The fraction of sp³-hybridized carbons (Fsp3) is 0.375. The number of para-hydroxylation sites is 1. The van der Waals surface area contributed by atoms with Crippen LogP contribution in [0.1, 0.15) is 31.5 Å². The van der Waals surface area contributed by atoms with Gasteiger partial charge in [-0.25, -0.2) is 0 Å². The van der Waals surface area contributed by atoms with Gasteiger partial charge in [-0.2, -0.15) is 0 Å². The first-order valence-corrected chi connectivity index (χ1v) is 6.76. The lowest BCUT2D eigenvalue weighted by molar-refractivity contribution is -0.119. The van der Waals surface area contributed by atoms with Crippen LogP contribution >= 0.6 is 0 Å². The number of carbonyl (C=O) groups excluding carboxylic acids is 1. The second kappa shape index (κ2) is 5.59. The first-order chi connectivity index (χ1) is 9.37. The molecule has 0 radical (unpaired) electrons. The van der Waals surface area contributed by atoms with Crippen LogP contribution < -0.4 is 11.1 Å². The molecule has 0 spiro atoms. The highest BCUT2D eigenvalue weighted by Crippen LogP contribution is 2.19. The molecule has 0 aliphatic rings. The lowest BCUT2D eigenvalue weighted by Gasteiger charge is -2.25. The standard InChI is InChI=1S/C16H21N3O/c1-11-8-12(10-18-16(2,3)9-15(17)20)13-6-4-5-7-14(13)19-11/h4-8,18H,9-10H2,1-3H3,(H2,17,20). The van der Waals surface area contributed by atoms with Gasteiger partial charge in [0.25, 0.3) is 0 Å². The van der Waals surface area contributed by atoms with Gasteiger partial charge in [-0.3, -0.25) is 9.78 Å². The average Bonchev–Trinajstić information content (AvgIpc) is 2.34. The molecular formula is C16H21N3O. The van der Waals surface area contributed by atoms with Crippen molar-refractivity contribution >= 4 is 16.8 Å². The Morgan fingerprint density at radius 3 is 2.75 bits per heavy atom. The van der Waals surface area contributed by atoms with Crippen LogP contribution in [0, 0.1) is 6.92 Å². The number of nitrogens with two attached hydrogens (primary N) is 1. The van der Waals surface area contributed by atoms with Crippen LogP contribution in [0.4, 0.5) is 0 Å². The number of nitrogens with one attached hydrogen (secondary N) is 1. The molecule has 0 atom stereocenters. The maximum atomic E-state index is 11.1. The largest absolute Gasteiger partial charge is 0.370 e. The number of hydrogen-bond donors (Lipinski definition) is 2. The molecule has 2 aromatic rings. The Bertz CT molecular complexity index is 635. The summed E-state index contributed by atoms with van der Waals surface area (Å²) in [5.41, 5.74) is 8.13. The van der Waals surface area contributed by atoms with Crippen molar-refractivity contribution in [3.63, 3.8) is 0 Å². The molecule has 0 aliphatic heterocycles. The van der Waals surface area contributed by atoms with Gasteiger partial charge >= 0.3 is 0 Å². The third-order valence-electron chi connectivity index (χ3n) is 3.30. The Labute approximate surface area is 119 Å². The minimum absolute atomic E-state index is 0.293. The predicted molar refractivity (Wildman–Crippen MR) is 81.2 cm³/mol. The van der Waals surface area contributed by atoms with Crippen molar-refractivity contribution in [1.29, 1.82) is 0 Å². The van der Waals surface area contributed by atoms with E-state index in [0.29, 0.717) is 13.0 Å². The summed E-state index contributed by atoms with van der Waals surface area (Å²) in [6, 6.07) is 10.2. The van der Waals surface area contributed by atoms with Crippen LogP contribution in [0.25, 0.3) is 10.9 Å². The number of benzene rings is 1. The van der Waals surface area contributed by atoms with Crippen molar-refractivity contribution in [3.05, 3.63) is 41.6 Å². The van der Waals surface area contributed by atoms with E-state index in [1.54, 1.807) is 0 Å². The van der Waals surface area contributed by atoms with Crippen molar-refractivity contribution in [2.24, 2.45) is 5.73 Å². The number of rotatable bonds is 5. The molecule has 1 amide bonds. The summed E-state index contributed by atoms with van der Waals surface area (Å²) in [7, 11) is 0. The molecule has 1 heterocycles. The third-order valence-corrected chi connectivity index (χ3v) is 3.30. The van der Waals surface area contributed by atoms with Gasteiger partial charge < -0.3 is 11.1 Å². The Morgan fingerprint density at radius 1 is 1.35 bits per heavy atom. The number of primary amides is 1. The Kier molecular flexibility index (Phi) is 4.04. The first-order valence-electron chi connectivity index (χ1n) is 6.76. The summed E-state index contributed by atoms with van der Waals surface area (Å²) >= 11 is 0. The van der Waals surface area contributed by atoms with Crippen LogP contribution in [-0.4, -0.2) is 16.4 Å². The zero-order chi connectivity index (χ0) is 14.8. The van der Waals surface area contributed by atoms with Crippen LogP contribution in [0.2, 0.25) is 0 Å². The Morgan fingerprint density at radius 2 is 2.05 bits per heavy atom. The molecule has 0 fully saturated rings. The highest BCUT2D eigenvalue weighted by Gasteiger charge is 2.20. The summed E-state index contributed by atoms with van der Waals surface area (Å²) in [5, 5.41) is 4.54. The third kappa shape index (κ3) is 3.54. The molecule has 3 N–H and O–H groups in total. The van der Waals surface area contributed by atoms with Gasteiger partial charge in [0, 0.05) is 29.6 Å². The topological polar surface area (TPSA) is 68.0 Å². The summed E-state index contributed by atoms with van der Waals surface area (Å²) < 4.78 is 0.